The third-order valence-electron chi connectivity index (χ3n) is 4.27. The Morgan fingerprint density at radius 2 is 1.65 bits per heavy atom. The number of hydrogen-bond acceptors (Lipinski definition) is 3. The van der Waals surface area contributed by atoms with E-state index in [4.69, 9.17) is 0 Å². The van der Waals surface area contributed by atoms with E-state index in [1.54, 1.807) is 24.1 Å². The Labute approximate surface area is 156 Å². The molecule has 0 aliphatic rings. The van der Waals surface area contributed by atoms with Crippen LogP contribution >= 0.6 is 0 Å². The average Bonchev–Trinajstić information content (AvgIpc) is 2.62. The van der Waals surface area contributed by atoms with Crippen molar-refractivity contribution in [3.63, 3.8) is 0 Å². The first-order chi connectivity index (χ1) is 12.2. The van der Waals surface area contributed by atoms with Gasteiger partial charge in [-0.25, -0.2) is 13.1 Å². The molecule has 0 aromatic heterocycles. The molecule has 0 saturated heterocycles. The summed E-state index contributed by atoms with van der Waals surface area (Å²) in [6, 6.07) is 13.9. The number of rotatable bonds is 7. The SMILES string of the molecule is CCC(C)NS(=O)(=O)c1ccc(C(=O)N(C)Cc2ccc(C)cc2)cc1. The number of sulfonamides is 1. The predicted octanol–water partition coefficient (Wildman–Crippen LogP) is 3.34. The Hall–Kier alpha value is -2.18. The van der Waals surface area contributed by atoms with Gasteiger partial charge in [-0.15, -0.1) is 0 Å². The summed E-state index contributed by atoms with van der Waals surface area (Å²) in [6.07, 6.45) is 0.708. The van der Waals surface area contributed by atoms with Gasteiger partial charge in [0.1, 0.15) is 0 Å². The van der Waals surface area contributed by atoms with Crippen LogP contribution in [0.1, 0.15) is 41.8 Å². The lowest BCUT2D eigenvalue weighted by atomic mass is 10.1. The van der Waals surface area contributed by atoms with E-state index < -0.39 is 10.0 Å². The van der Waals surface area contributed by atoms with Crippen LogP contribution in [0.15, 0.2) is 53.4 Å². The molecule has 1 unspecified atom stereocenters. The first kappa shape index (κ1) is 20.1. The summed E-state index contributed by atoms with van der Waals surface area (Å²) in [4.78, 5) is 14.3. The monoisotopic (exact) mass is 374 g/mol. The van der Waals surface area contributed by atoms with Crippen molar-refractivity contribution in [3.05, 3.63) is 65.2 Å². The molecule has 0 aliphatic carbocycles. The number of aryl methyl sites for hydroxylation is 1. The lowest BCUT2D eigenvalue weighted by Crippen LogP contribution is -2.32. The van der Waals surface area contributed by atoms with Gasteiger partial charge in [0.25, 0.3) is 5.91 Å². The van der Waals surface area contributed by atoms with Crippen LogP contribution in [-0.2, 0) is 16.6 Å². The lowest BCUT2D eigenvalue weighted by molar-refractivity contribution is 0.0785. The van der Waals surface area contributed by atoms with Crippen molar-refractivity contribution in [2.75, 3.05) is 7.05 Å². The van der Waals surface area contributed by atoms with E-state index in [1.165, 1.54) is 17.7 Å². The highest BCUT2D eigenvalue weighted by Crippen LogP contribution is 2.14. The summed E-state index contributed by atoms with van der Waals surface area (Å²) < 4.78 is 27.2. The van der Waals surface area contributed by atoms with Crippen LogP contribution in [-0.4, -0.2) is 32.3 Å². The Morgan fingerprint density at radius 3 is 2.19 bits per heavy atom. The molecular weight excluding hydrogens is 348 g/mol. The third-order valence-corrected chi connectivity index (χ3v) is 5.87. The van der Waals surface area contributed by atoms with E-state index in [-0.39, 0.29) is 16.8 Å². The zero-order chi connectivity index (χ0) is 19.3. The molecule has 0 fully saturated rings. The van der Waals surface area contributed by atoms with Gasteiger partial charge >= 0.3 is 0 Å². The Kier molecular flexibility index (Phi) is 6.56. The van der Waals surface area contributed by atoms with E-state index in [2.05, 4.69) is 4.72 Å². The molecule has 140 valence electrons. The second-order valence-electron chi connectivity index (χ2n) is 6.60. The van der Waals surface area contributed by atoms with Crippen molar-refractivity contribution in [3.8, 4) is 0 Å². The van der Waals surface area contributed by atoms with Gasteiger partial charge in [0.05, 0.1) is 4.90 Å². The summed E-state index contributed by atoms with van der Waals surface area (Å²) in [6.45, 7) is 6.24. The molecule has 2 aromatic carbocycles. The second kappa shape index (κ2) is 8.47. The number of carbonyl (C=O) groups is 1. The minimum atomic E-state index is -3.56. The fourth-order valence-corrected chi connectivity index (χ4v) is 3.78. The van der Waals surface area contributed by atoms with Crippen LogP contribution in [0.3, 0.4) is 0 Å². The number of carbonyl (C=O) groups excluding carboxylic acids is 1. The maximum absolute atomic E-state index is 12.6. The number of benzene rings is 2. The highest BCUT2D eigenvalue weighted by Gasteiger charge is 2.18. The van der Waals surface area contributed by atoms with E-state index in [0.717, 1.165) is 5.56 Å². The van der Waals surface area contributed by atoms with E-state index in [1.807, 2.05) is 45.0 Å². The molecule has 6 heteroatoms. The van der Waals surface area contributed by atoms with Gasteiger partial charge < -0.3 is 4.90 Å². The third kappa shape index (κ3) is 5.16. The minimum Gasteiger partial charge on any atom is -0.337 e. The summed E-state index contributed by atoms with van der Waals surface area (Å²) in [5.74, 6) is -0.149. The van der Waals surface area contributed by atoms with Crippen molar-refractivity contribution in [1.29, 1.82) is 0 Å². The van der Waals surface area contributed by atoms with Crippen molar-refractivity contribution in [2.45, 2.75) is 44.7 Å². The van der Waals surface area contributed by atoms with Gasteiger partial charge in [-0.05, 0) is 50.1 Å². The van der Waals surface area contributed by atoms with E-state index in [0.29, 0.717) is 18.5 Å². The summed E-state index contributed by atoms with van der Waals surface area (Å²) in [7, 11) is -1.83. The van der Waals surface area contributed by atoms with Crippen molar-refractivity contribution < 1.29 is 13.2 Å². The first-order valence-corrected chi connectivity index (χ1v) is 10.1. The molecule has 2 aromatic rings. The zero-order valence-electron chi connectivity index (χ0n) is 15.7. The molecular formula is C20H26N2O3S. The van der Waals surface area contributed by atoms with Gasteiger partial charge in [-0.1, -0.05) is 36.8 Å². The van der Waals surface area contributed by atoms with Gasteiger partial charge in [-0.2, -0.15) is 0 Å². The highest BCUT2D eigenvalue weighted by molar-refractivity contribution is 7.89. The molecule has 0 saturated carbocycles. The molecule has 1 amide bonds. The lowest BCUT2D eigenvalue weighted by Gasteiger charge is -2.18. The summed E-state index contributed by atoms with van der Waals surface area (Å²) in [5.41, 5.74) is 2.68. The largest absolute Gasteiger partial charge is 0.337 e. The Morgan fingerprint density at radius 1 is 1.08 bits per heavy atom. The number of hydrogen-bond donors (Lipinski definition) is 1. The fourth-order valence-electron chi connectivity index (χ4n) is 2.45. The minimum absolute atomic E-state index is 0.137. The van der Waals surface area contributed by atoms with Crippen LogP contribution in [0.5, 0.6) is 0 Å². The maximum atomic E-state index is 12.6. The molecule has 26 heavy (non-hydrogen) atoms. The first-order valence-electron chi connectivity index (χ1n) is 8.66. The quantitative estimate of drug-likeness (QED) is 0.808. The second-order valence-corrected chi connectivity index (χ2v) is 8.32. The fraction of sp³-hybridized carbons (Fsp3) is 0.350. The van der Waals surface area contributed by atoms with Crippen molar-refractivity contribution in [1.82, 2.24) is 9.62 Å². The summed E-state index contributed by atoms with van der Waals surface area (Å²) >= 11 is 0. The van der Waals surface area contributed by atoms with Crippen LogP contribution in [0.25, 0.3) is 0 Å². The molecule has 2 rings (SSSR count). The Bertz CT molecular complexity index is 844. The number of amides is 1. The van der Waals surface area contributed by atoms with Crippen molar-refractivity contribution in [2.24, 2.45) is 0 Å². The highest BCUT2D eigenvalue weighted by atomic mass is 32.2. The van der Waals surface area contributed by atoms with Gasteiger partial charge in [0.2, 0.25) is 10.0 Å². The molecule has 0 bridgehead atoms. The molecule has 0 aliphatic heterocycles. The predicted molar refractivity (Wildman–Crippen MR) is 103 cm³/mol. The smallest absolute Gasteiger partial charge is 0.253 e. The number of nitrogens with zero attached hydrogens (tertiary/aromatic N) is 1. The molecule has 0 spiro atoms. The normalized spacial score (nSPS) is 12.6. The van der Waals surface area contributed by atoms with Gasteiger partial charge in [-0.3, -0.25) is 4.79 Å². The zero-order valence-corrected chi connectivity index (χ0v) is 16.5. The standard InChI is InChI=1S/C20H26N2O3S/c1-5-16(3)21-26(24,25)19-12-10-18(11-13-19)20(23)22(4)14-17-8-6-15(2)7-9-17/h6-13,16,21H,5,14H2,1-4H3. The van der Waals surface area contributed by atoms with Crippen LogP contribution in [0.4, 0.5) is 0 Å². The number of nitrogens with one attached hydrogen (secondary N) is 1. The maximum Gasteiger partial charge on any atom is 0.253 e. The van der Waals surface area contributed by atoms with Gasteiger partial charge in [0.15, 0.2) is 0 Å². The Balaban J connectivity index is 2.09. The summed E-state index contributed by atoms with van der Waals surface area (Å²) in [5, 5.41) is 0. The van der Waals surface area contributed by atoms with Crippen LogP contribution in [0, 0.1) is 6.92 Å². The molecule has 1 N–H and O–H groups in total. The molecule has 0 radical (unpaired) electrons. The van der Waals surface area contributed by atoms with Crippen LogP contribution in [0.2, 0.25) is 0 Å². The molecule has 5 nitrogen and oxygen atoms in total. The molecule has 0 heterocycles. The van der Waals surface area contributed by atoms with E-state index >= 15 is 0 Å². The van der Waals surface area contributed by atoms with Gasteiger partial charge in [0, 0.05) is 25.2 Å². The average molecular weight is 375 g/mol. The van der Waals surface area contributed by atoms with E-state index in [9.17, 15) is 13.2 Å². The topological polar surface area (TPSA) is 66.5 Å². The van der Waals surface area contributed by atoms with Crippen molar-refractivity contribution >= 4 is 15.9 Å². The molecule has 1 atom stereocenters. The van der Waals surface area contributed by atoms with Crippen LogP contribution < -0.4 is 4.72 Å².